The van der Waals surface area contributed by atoms with E-state index in [0.29, 0.717) is 12.5 Å². The summed E-state index contributed by atoms with van der Waals surface area (Å²) < 4.78 is 5.44. The highest BCUT2D eigenvalue weighted by atomic mass is 32.1. The Labute approximate surface area is 137 Å². The maximum Gasteiger partial charge on any atom is 0.193 e. The first-order valence-electron chi connectivity index (χ1n) is 7.84. The maximum absolute atomic E-state index is 5.44. The lowest BCUT2D eigenvalue weighted by atomic mass is 9.98. The van der Waals surface area contributed by atoms with Crippen molar-refractivity contribution in [3.05, 3.63) is 16.1 Å². The first-order chi connectivity index (χ1) is 10.4. The lowest BCUT2D eigenvalue weighted by molar-refractivity contribution is 0.181. The molecule has 1 unspecified atom stereocenters. The molecule has 2 rings (SSSR count). The Bertz CT molecular complexity index is 500. The van der Waals surface area contributed by atoms with Crippen LogP contribution < -0.4 is 5.32 Å². The van der Waals surface area contributed by atoms with Crippen LogP contribution in [0.3, 0.4) is 0 Å². The van der Waals surface area contributed by atoms with Gasteiger partial charge in [0.15, 0.2) is 5.96 Å². The monoisotopic (exact) mass is 324 g/mol. The van der Waals surface area contributed by atoms with Crippen LogP contribution in [0.25, 0.3) is 0 Å². The van der Waals surface area contributed by atoms with Gasteiger partial charge in [-0.3, -0.25) is 4.99 Å². The van der Waals surface area contributed by atoms with E-state index in [1.165, 1.54) is 5.01 Å². The summed E-state index contributed by atoms with van der Waals surface area (Å²) in [6.07, 6.45) is 1.14. The van der Waals surface area contributed by atoms with E-state index in [9.17, 15) is 0 Å². The van der Waals surface area contributed by atoms with Crippen molar-refractivity contribution in [2.75, 3.05) is 33.9 Å². The molecule has 0 aromatic carbocycles. The summed E-state index contributed by atoms with van der Waals surface area (Å²) in [6.45, 7) is 10.0. The predicted molar refractivity (Wildman–Crippen MR) is 92.6 cm³/mol. The fourth-order valence-electron chi connectivity index (χ4n) is 2.49. The Morgan fingerprint density at radius 2 is 2.32 bits per heavy atom. The molecule has 0 aliphatic carbocycles. The number of thiazole rings is 1. The highest BCUT2D eigenvalue weighted by Crippen LogP contribution is 2.25. The Morgan fingerprint density at radius 1 is 1.55 bits per heavy atom. The number of nitrogens with zero attached hydrogens (tertiary/aromatic N) is 3. The number of ether oxygens (including phenoxy) is 1. The lowest BCUT2D eigenvalue weighted by Crippen LogP contribution is -2.41. The van der Waals surface area contributed by atoms with Gasteiger partial charge in [-0.05, 0) is 6.42 Å². The molecule has 0 amide bonds. The van der Waals surface area contributed by atoms with Crippen molar-refractivity contribution in [2.45, 2.75) is 39.2 Å². The normalized spacial score (nSPS) is 19.5. The summed E-state index contributed by atoms with van der Waals surface area (Å²) in [7, 11) is 3.90. The Hall–Kier alpha value is -1.14. The third kappa shape index (κ3) is 4.68. The standard InChI is InChI=1S/C16H28N4OS/c1-16(2,3)14-19-13(11-22-14)8-18-15(17-4)20(5)9-12-6-7-21-10-12/h11-12H,6-10H2,1-5H3,(H,17,18). The van der Waals surface area contributed by atoms with Crippen molar-refractivity contribution in [1.29, 1.82) is 0 Å². The number of aromatic nitrogens is 1. The van der Waals surface area contributed by atoms with E-state index in [4.69, 9.17) is 9.72 Å². The number of guanidine groups is 1. The van der Waals surface area contributed by atoms with Crippen LogP contribution in [0.5, 0.6) is 0 Å². The van der Waals surface area contributed by atoms with Crippen LogP contribution in [0.1, 0.15) is 37.9 Å². The van der Waals surface area contributed by atoms with Gasteiger partial charge in [-0.2, -0.15) is 0 Å². The molecule has 0 bridgehead atoms. The average molecular weight is 324 g/mol. The van der Waals surface area contributed by atoms with E-state index in [2.05, 4.69) is 48.4 Å². The number of aliphatic imine (C=N–C) groups is 1. The second-order valence-electron chi connectivity index (χ2n) is 6.90. The maximum atomic E-state index is 5.44. The van der Waals surface area contributed by atoms with Gasteiger partial charge in [-0.15, -0.1) is 11.3 Å². The molecule has 1 fully saturated rings. The summed E-state index contributed by atoms with van der Waals surface area (Å²) in [4.78, 5) is 11.3. The topological polar surface area (TPSA) is 49.8 Å². The first kappa shape index (κ1) is 17.2. The minimum absolute atomic E-state index is 0.115. The quantitative estimate of drug-likeness (QED) is 0.683. The molecule has 22 heavy (non-hydrogen) atoms. The molecular formula is C16H28N4OS. The third-order valence-corrected chi connectivity index (χ3v) is 5.07. The largest absolute Gasteiger partial charge is 0.381 e. The zero-order chi connectivity index (χ0) is 16.2. The molecule has 1 aliphatic heterocycles. The summed E-state index contributed by atoms with van der Waals surface area (Å²) in [6, 6.07) is 0. The minimum atomic E-state index is 0.115. The molecule has 1 saturated heterocycles. The summed E-state index contributed by atoms with van der Waals surface area (Å²) in [5.74, 6) is 1.52. The molecule has 0 radical (unpaired) electrons. The van der Waals surface area contributed by atoms with E-state index in [0.717, 1.165) is 37.8 Å². The van der Waals surface area contributed by atoms with Gasteiger partial charge in [0.05, 0.1) is 23.9 Å². The molecule has 124 valence electrons. The smallest absolute Gasteiger partial charge is 0.193 e. The van der Waals surface area contributed by atoms with Crippen LogP contribution in [0.2, 0.25) is 0 Å². The molecular weight excluding hydrogens is 296 g/mol. The molecule has 1 N–H and O–H groups in total. The van der Waals surface area contributed by atoms with Crippen LogP contribution in [-0.4, -0.2) is 49.7 Å². The zero-order valence-electron chi connectivity index (χ0n) is 14.3. The van der Waals surface area contributed by atoms with Crippen LogP contribution in [0, 0.1) is 5.92 Å². The highest BCUT2D eigenvalue weighted by Gasteiger charge is 2.20. The summed E-state index contributed by atoms with van der Waals surface area (Å²) in [5, 5.41) is 6.71. The van der Waals surface area contributed by atoms with Crippen molar-refractivity contribution in [3.8, 4) is 0 Å². The van der Waals surface area contributed by atoms with E-state index >= 15 is 0 Å². The van der Waals surface area contributed by atoms with Crippen molar-refractivity contribution in [2.24, 2.45) is 10.9 Å². The second-order valence-corrected chi connectivity index (χ2v) is 7.76. The second kappa shape index (κ2) is 7.42. The lowest BCUT2D eigenvalue weighted by Gasteiger charge is -2.24. The average Bonchev–Trinajstić information content (AvgIpc) is 3.09. The Kier molecular flexibility index (Phi) is 5.81. The van der Waals surface area contributed by atoms with Gasteiger partial charge >= 0.3 is 0 Å². The van der Waals surface area contributed by atoms with E-state index in [-0.39, 0.29) is 5.41 Å². The van der Waals surface area contributed by atoms with Gasteiger partial charge in [0.2, 0.25) is 0 Å². The molecule has 0 saturated carbocycles. The van der Waals surface area contributed by atoms with Crippen molar-refractivity contribution < 1.29 is 4.74 Å². The molecule has 0 spiro atoms. The number of rotatable bonds is 4. The van der Waals surface area contributed by atoms with E-state index < -0.39 is 0 Å². The first-order valence-corrected chi connectivity index (χ1v) is 8.72. The molecule has 1 aromatic rings. The van der Waals surface area contributed by atoms with E-state index in [1.54, 1.807) is 11.3 Å². The number of nitrogens with one attached hydrogen (secondary N) is 1. The number of hydrogen-bond acceptors (Lipinski definition) is 4. The van der Waals surface area contributed by atoms with Gasteiger partial charge in [-0.25, -0.2) is 4.98 Å². The molecule has 6 heteroatoms. The third-order valence-electron chi connectivity index (χ3n) is 3.75. The van der Waals surface area contributed by atoms with Gasteiger partial charge in [0.25, 0.3) is 0 Å². The van der Waals surface area contributed by atoms with E-state index in [1.807, 2.05) is 7.05 Å². The summed E-state index contributed by atoms with van der Waals surface area (Å²) >= 11 is 1.73. The highest BCUT2D eigenvalue weighted by molar-refractivity contribution is 7.09. The minimum Gasteiger partial charge on any atom is -0.381 e. The van der Waals surface area contributed by atoms with Gasteiger partial charge in [0.1, 0.15) is 0 Å². The summed E-state index contributed by atoms with van der Waals surface area (Å²) in [5.41, 5.74) is 1.19. The fourth-order valence-corrected chi connectivity index (χ4v) is 3.40. The molecule has 2 heterocycles. The van der Waals surface area contributed by atoms with Crippen molar-refractivity contribution >= 4 is 17.3 Å². The molecule has 1 atom stereocenters. The van der Waals surface area contributed by atoms with Gasteiger partial charge < -0.3 is 15.0 Å². The van der Waals surface area contributed by atoms with Gasteiger partial charge in [0, 0.05) is 44.0 Å². The van der Waals surface area contributed by atoms with Gasteiger partial charge in [-0.1, -0.05) is 20.8 Å². The van der Waals surface area contributed by atoms with Crippen LogP contribution >= 0.6 is 11.3 Å². The fraction of sp³-hybridized carbons (Fsp3) is 0.750. The molecule has 1 aromatic heterocycles. The Balaban J connectivity index is 1.86. The zero-order valence-corrected chi connectivity index (χ0v) is 15.2. The predicted octanol–water partition coefficient (Wildman–Crippen LogP) is 2.48. The SMILES string of the molecule is CN=C(NCc1csc(C(C)(C)C)n1)N(C)CC1CCOC1. The van der Waals surface area contributed by atoms with Crippen LogP contribution in [0.15, 0.2) is 10.4 Å². The molecule has 1 aliphatic rings. The van der Waals surface area contributed by atoms with Crippen LogP contribution in [-0.2, 0) is 16.7 Å². The van der Waals surface area contributed by atoms with Crippen molar-refractivity contribution in [1.82, 2.24) is 15.2 Å². The Morgan fingerprint density at radius 3 is 2.86 bits per heavy atom. The molecule has 5 nitrogen and oxygen atoms in total. The van der Waals surface area contributed by atoms with Crippen molar-refractivity contribution in [3.63, 3.8) is 0 Å². The number of hydrogen-bond donors (Lipinski definition) is 1. The van der Waals surface area contributed by atoms with Crippen LogP contribution in [0.4, 0.5) is 0 Å².